The summed E-state index contributed by atoms with van der Waals surface area (Å²) in [6.45, 7) is 4.93. The Kier molecular flexibility index (Phi) is 8.76. The third-order valence-electron chi connectivity index (χ3n) is 7.10. The Bertz CT molecular complexity index is 1200. The van der Waals surface area contributed by atoms with E-state index in [1.807, 2.05) is 78.9 Å². The predicted molar refractivity (Wildman–Crippen MR) is 154 cm³/mol. The van der Waals surface area contributed by atoms with E-state index >= 15 is 4.57 Å². The van der Waals surface area contributed by atoms with Crippen molar-refractivity contribution in [3.63, 3.8) is 0 Å². The van der Waals surface area contributed by atoms with Gasteiger partial charge < -0.3 is 14.0 Å². The molecule has 4 rings (SSSR count). The highest BCUT2D eigenvalue weighted by atomic mass is 31.2. The molecule has 186 valence electrons. The largest absolute Gasteiger partial charge is 0.359 e. The molecule has 0 aliphatic rings. The molecule has 0 saturated heterocycles. The monoisotopic (exact) mass is 514 g/mol. The van der Waals surface area contributed by atoms with Crippen LogP contribution in [-0.4, -0.2) is 28.1 Å². The van der Waals surface area contributed by atoms with Crippen LogP contribution in [0.1, 0.15) is 11.7 Å². The highest BCUT2D eigenvalue weighted by molar-refractivity contribution is 7.78. The molecule has 0 fully saturated rings. The van der Waals surface area contributed by atoms with Gasteiger partial charge in [-0.1, -0.05) is 140 Å². The first-order valence-corrected chi connectivity index (χ1v) is 17.3. The quantitative estimate of drug-likeness (QED) is 0.133. The Morgan fingerprint density at radius 1 is 0.694 bits per heavy atom. The highest BCUT2D eigenvalue weighted by Crippen LogP contribution is 2.52. The van der Waals surface area contributed by atoms with Gasteiger partial charge in [0.05, 0.1) is 14.2 Å². The Morgan fingerprint density at radius 3 is 1.61 bits per heavy atom. The Labute approximate surface area is 216 Å². The van der Waals surface area contributed by atoms with Crippen LogP contribution in [0, 0.1) is 0 Å². The van der Waals surface area contributed by atoms with Gasteiger partial charge in [0.2, 0.25) is 0 Å². The van der Waals surface area contributed by atoms with E-state index in [1.165, 1.54) is 5.19 Å². The molecule has 0 radical (unpaired) electrons. The fraction of sp³-hybridized carbons (Fsp3) is 0.226. The van der Waals surface area contributed by atoms with Crippen molar-refractivity contribution in [2.45, 2.75) is 24.7 Å². The van der Waals surface area contributed by atoms with Crippen LogP contribution in [-0.2, 0) is 14.0 Å². The summed E-state index contributed by atoms with van der Waals surface area (Å²) in [5, 5.41) is 3.10. The van der Waals surface area contributed by atoms with Crippen molar-refractivity contribution >= 4 is 31.0 Å². The lowest BCUT2D eigenvalue weighted by Gasteiger charge is -2.40. The third kappa shape index (κ3) is 5.79. The minimum atomic E-state index is -2.99. The number of ether oxygens (including phenoxy) is 2. The molecule has 0 amide bonds. The van der Waals surface area contributed by atoms with E-state index in [4.69, 9.17) is 9.47 Å². The first kappa shape index (κ1) is 26.3. The van der Waals surface area contributed by atoms with Gasteiger partial charge in [0.15, 0.2) is 0 Å². The van der Waals surface area contributed by atoms with Gasteiger partial charge in [-0.15, -0.1) is 0 Å². The molecule has 5 heteroatoms. The summed E-state index contributed by atoms with van der Waals surface area (Å²) in [4.78, 5) is 0. The molecule has 4 aromatic rings. The second-order valence-corrected chi connectivity index (χ2v) is 17.3. The van der Waals surface area contributed by atoms with Gasteiger partial charge >= 0.3 is 0 Å². The van der Waals surface area contributed by atoms with Crippen LogP contribution in [0.15, 0.2) is 121 Å². The van der Waals surface area contributed by atoms with E-state index in [1.54, 1.807) is 7.11 Å². The predicted octanol–water partition coefficient (Wildman–Crippen LogP) is 6.35. The van der Waals surface area contributed by atoms with Crippen molar-refractivity contribution < 1.29 is 14.0 Å². The van der Waals surface area contributed by atoms with E-state index in [9.17, 15) is 0 Å². The summed E-state index contributed by atoms with van der Waals surface area (Å²) >= 11 is 0. The second kappa shape index (κ2) is 12.0. The van der Waals surface area contributed by atoms with Gasteiger partial charge in [-0.3, -0.25) is 0 Å². The number of rotatable bonds is 11. The number of hydrogen-bond acceptors (Lipinski definition) is 3. The molecule has 0 saturated carbocycles. The van der Waals surface area contributed by atoms with Gasteiger partial charge in [-0.2, -0.15) is 0 Å². The van der Waals surface area contributed by atoms with Crippen LogP contribution < -0.4 is 15.8 Å². The van der Waals surface area contributed by atoms with Crippen LogP contribution >= 0.6 is 7.14 Å². The summed E-state index contributed by atoms with van der Waals surface area (Å²) in [6, 6.07) is 40.9. The zero-order valence-electron chi connectivity index (χ0n) is 21.3. The molecule has 0 spiro atoms. The Morgan fingerprint density at radius 2 is 1.14 bits per heavy atom. The number of benzene rings is 4. The average Bonchev–Trinajstić information content (AvgIpc) is 2.94. The summed E-state index contributed by atoms with van der Waals surface area (Å²) in [5.41, 5.74) is 1.10. The van der Waals surface area contributed by atoms with E-state index in [2.05, 4.69) is 55.6 Å². The van der Waals surface area contributed by atoms with Crippen LogP contribution in [0.2, 0.25) is 18.6 Å². The van der Waals surface area contributed by atoms with Crippen molar-refractivity contribution in [2.75, 3.05) is 20.1 Å². The zero-order chi connectivity index (χ0) is 25.4. The van der Waals surface area contributed by atoms with Crippen LogP contribution in [0.5, 0.6) is 0 Å². The lowest BCUT2D eigenvalue weighted by atomic mass is 10.1. The molecule has 0 aliphatic carbocycles. The molecular weight excluding hydrogens is 479 g/mol. The van der Waals surface area contributed by atoms with Crippen molar-refractivity contribution in [3.8, 4) is 0 Å². The lowest BCUT2D eigenvalue weighted by Crippen LogP contribution is -2.50. The van der Waals surface area contributed by atoms with Gasteiger partial charge in [-0.05, 0) is 11.1 Å². The summed E-state index contributed by atoms with van der Waals surface area (Å²) < 4.78 is 27.1. The van der Waals surface area contributed by atoms with Crippen molar-refractivity contribution in [3.05, 3.63) is 127 Å². The molecule has 0 aliphatic heterocycles. The lowest BCUT2D eigenvalue weighted by molar-refractivity contribution is -0.0744. The standard InChI is InChI=1S/C31H35O3PSi/c1-33-25-34-31(26-16-8-4-9-17-26)30(36(2,3)29-22-14-7-15-23-29)24-35(32,27-18-10-5-11-19-27)28-20-12-6-13-21-28/h4-23,30-31H,24-25H2,1-3H3/t30-,31-/m1/s1. The molecule has 3 nitrogen and oxygen atoms in total. The molecule has 2 atom stereocenters. The molecule has 4 aromatic carbocycles. The van der Waals surface area contributed by atoms with Crippen molar-refractivity contribution in [1.29, 1.82) is 0 Å². The van der Waals surface area contributed by atoms with Crippen LogP contribution in [0.4, 0.5) is 0 Å². The molecule has 0 heterocycles. The minimum Gasteiger partial charge on any atom is -0.359 e. The average molecular weight is 515 g/mol. The minimum absolute atomic E-state index is 0.0173. The molecule has 0 bridgehead atoms. The normalized spacial score (nSPS) is 13.8. The third-order valence-corrected chi connectivity index (χ3v) is 14.8. The zero-order valence-corrected chi connectivity index (χ0v) is 23.2. The number of methoxy groups -OCH3 is 1. The van der Waals surface area contributed by atoms with Crippen molar-refractivity contribution in [2.24, 2.45) is 0 Å². The first-order valence-electron chi connectivity index (χ1n) is 12.4. The fourth-order valence-electron chi connectivity index (χ4n) is 4.99. The fourth-order valence-corrected chi connectivity index (χ4v) is 12.9. The summed E-state index contributed by atoms with van der Waals surface area (Å²) in [6.07, 6.45) is 0.257. The molecule has 0 N–H and O–H groups in total. The maximum absolute atomic E-state index is 15.2. The molecule has 0 aromatic heterocycles. The maximum atomic E-state index is 15.2. The summed E-state index contributed by atoms with van der Waals surface area (Å²) in [5.74, 6) is 0. The molecular formula is C31H35O3PSi. The number of hydrogen-bond donors (Lipinski definition) is 0. The topological polar surface area (TPSA) is 35.5 Å². The Hall–Kier alpha value is -2.75. The van der Waals surface area contributed by atoms with Crippen LogP contribution in [0.3, 0.4) is 0 Å². The van der Waals surface area contributed by atoms with Gasteiger partial charge in [0.25, 0.3) is 0 Å². The SMILES string of the molecule is COCO[C@H](c1ccccc1)[C@@H](CP(=O)(c1ccccc1)c1ccccc1)[Si](C)(C)c1ccccc1. The molecule has 36 heavy (non-hydrogen) atoms. The van der Waals surface area contributed by atoms with E-state index < -0.39 is 15.2 Å². The first-order chi connectivity index (χ1) is 17.5. The van der Waals surface area contributed by atoms with E-state index in [-0.39, 0.29) is 18.4 Å². The van der Waals surface area contributed by atoms with Gasteiger partial charge in [0, 0.05) is 23.9 Å². The smallest absolute Gasteiger partial charge is 0.147 e. The highest BCUT2D eigenvalue weighted by Gasteiger charge is 2.45. The van der Waals surface area contributed by atoms with E-state index in [0.717, 1.165) is 16.2 Å². The molecule has 0 unspecified atom stereocenters. The maximum Gasteiger partial charge on any atom is 0.147 e. The van der Waals surface area contributed by atoms with E-state index in [0.29, 0.717) is 6.16 Å². The second-order valence-electron chi connectivity index (χ2n) is 9.69. The van der Waals surface area contributed by atoms with Gasteiger partial charge in [-0.25, -0.2) is 0 Å². The van der Waals surface area contributed by atoms with Gasteiger partial charge in [0.1, 0.15) is 13.9 Å². The summed E-state index contributed by atoms with van der Waals surface area (Å²) in [7, 11) is -3.57. The van der Waals surface area contributed by atoms with Crippen LogP contribution in [0.25, 0.3) is 0 Å². The Balaban J connectivity index is 1.90. The van der Waals surface area contributed by atoms with Crippen molar-refractivity contribution in [1.82, 2.24) is 0 Å².